The number of hydrogen-bond donors (Lipinski definition) is 2. The van der Waals surface area contributed by atoms with Crippen molar-refractivity contribution in [3.8, 4) is 0 Å². The van der Waals surface area contributed by atoms with Crippen LogP contribution >= 0.6 is 11.6 Å². The molecule has 0 saturated carbocycles. The van der Waals surface area contributed by atoms with Crippen molar-refractivity contribution in [2.75, 3.05) is 5.73 Å². The van der Waals surface area contributed by atoms with Crippen molar-refractivity contribution < 1.29 is 8.78 Å². The number of hydrogen-bond acceptors (Lipinski definition) is 2. The van der Waals surface area contributed by atoms with Gasteiger partial charge in [-0.1, -0.05) is 11.6 Å². The molecule has 0 amide bonds. The van der Waals surface area contributed by atoms with Gasteiger partial charge in [0.25, 0.3) is 0 Å². The molecule has 1 aromatic rings. The average molecular weight is 221 g/mol. The molecule has 2 nitrogen and oxygen atoms in total. The molecule has 0 aliphatic carbocycles. The average Bonchev–Trinajstić information content (AvgIpc) is 2.08. The molecule has 0 aromatic heterocycles. The largest absolute Gasteiger partial charge is 0.398 e. The van der Waals surface area contributed by atoms with Crippen LogP contribution in [0.5, 0.6) is 0 Å². The third-order valence-electron chi connectivity index (χ3n) is 1.88. The minimum atomic E-state index is -2.44. The lowest BCUT2D eigenvalue weighted by atomic mass is 10.0. The molecule has 0 saturated heterocycles. The highest BCUT2D eigenvalue weighted by molar-refractivity contribution is 6.30. The van der Waals surface area contributed by atoms with E-state index in [2.05, 4.69) is 0 Å². The highest BCUT2D eigenvalue weighted by Gasteiger charge is 2.15. The second-order valence-electron chi connectivity index (χ2n) is 3.01. The lowest BCUT2D eigenvalue weighted by Gasteiger charge is -2.14. The van der Waals surface area contributed by atoms with Crippen LogP contribution < -0.4 is 11.5 Å². The Labute approximate surface area is 85.8 Å². The van der Waals surface area contributed by atoms with Crippen LogP contribution in [0.15, 0.2) is 18.2 Å². The molecule has 0 unspecified atom stereocenters. The van der Waals surface area contributed by atoms with Gasteiger partial charge >= 0.3 is 0 Å². The predicted octanol–water partition coefficient (Wildman–Crippen LogP) is 2.58. The summed E-state index contributed by atoms with van der Waals surface area (Å²) >= 11 is 5.70. The van der Waals surface area contributed by atoms with Gasteiger partial charge in [0.05, 0.1) is 0 Å². The summed E-state index contributed by atoms with van der Waals surface area (Å²) in [7, 11) is 0. The zero-order valence-electron chi connectivity index (χ0n) is 7.38. The molecule has 1 aromatic carbocycles. The fourth-order valence-electron chi connectivity index (χ4n) is 1.19. The van der Waals surface area contributed by atoms with E-state index < -0.39 is 18.9 Å². The standard InChI is InChI=1S/C9H11ClF2N2/c10-5-1-2-7(13)6(3-5)8(14)4-9(11)12/h1-3,8-9H,4,13-14H2/t8-/m1/s1. The van der Waals surface area contributed by atoms with E-state index in [1.807, 2.05) is 0 Å². The van der Waals surface area contributed by atoms with Crippen LogP contribution in [0, 0.1) is 0 Å². The van der Waals surface area contributed by atoms with Crippen LogP contribution in [0.3, 0.4) is 0 Å². The maximum Gasteiger partial charge on any atom is 0.240 e. The van der Waals surface area contributed by atoms with E-state index in [0.29, 0.717) is 16.3 Å². The summed E-state index contributed by atoms with van der Waals surface area (Å²) in [5.41, 5.74) is 12.0. The summed E-state index contributed by atoms with van der Waals surface area (Å²) in [6.07, 6.45) is -2.85. The summed E-state index contributed by atoms with van der Waals surface area (Å²) in [5.74, 6) is 0. The minimum absolute atomic E-state index is 0.391. The number of rotatable bonds is 3. The van der Waals surface area contributed by atoms with Gasteiger partial charge in [-0.15, -0.1) is 0 Å². The predicted molar refractivity (Wildman–Crippen MR) is 53.4 cm³/mol. The number of halogens is 3. The number of nitrogen functional groups attached to an aromatic ring is 1. The Kier molecular flexibility index (Phi) is 3.66. The smallest absolute Gasteiger partial charge is 0.240 e. The fraction of sp³-hybridized carbons (Fsp3) is 0.333. The van der Waals surface area contributed by atoms with E-state index >= 15 is 0 Å². The quantitative estimate of drug-likeness (QED) is 0.770. The van der Waals surface area contributed by atoms with E-state index in [-0.39, 0.29) is 0 Å². The first-order valence-corrected chi connectivity index (χ1v) is 4.47. The van der Waals surface area contributed by atoms with Crippen LogP contribution in [-0.4, -0.2) is 6.43 Å². The lowest BCUT2D eigenvalue weighted by molar-refractivity contribution is 0.128. The third-order valence-corrected chi connectivity index (χ3v) is 2.12. The Morgan fingerprint density at radius 2 is 2.00 bits per heavy atom. The van der Waals surface area contributed by atoms with Gasteiger partial charge in [0.2, 0.25) is 6.43 Å². The molecule has 1 atom stereocenters. The normalized spacial score (nSPS) is 13.2. The van der Waals surface area contributed by atoms with Crippen LogP contribution in [0.2, 0.25) is 5.02 Å². The maximum absolute atomic E-state index is 12.0. The highest BCUT2D eigenvalue weighted by atomic mass is 35.5. The summed E-state index contributed by atoms with van der Waals surface area (Å²) in [6.45, 7) is 0. The Morgan fingerprint density at radius 3 is 2.57 bits per heavy atom. The van der Waals surface area contributed by atoms with Crippen molar-refractivity contribution in [1.82, 2.24) is 0 Å². The molecule has 0 aliphatic rings. The summed E-state index contributed by atoms with van der Waals surface area (Å²) < 4.78 is 24.1. The molecular formula is C9H11ClF2N2. The van der Waals surface area contributed by atoms with Gasteiger partial charge in [-0.3, -0.25) is 0 Å². The molecule has 14 heavy (non-hydrogen) atoms. The Bertz CT molecular complexity index is 318. The number of benzene rings is 1. The van der Waals surface area contributed by atoms with Crippen molar-refractivity contribution >= 4 is 17.3 Å². The summed E-state index contributed by atoms with van der Waals surface area (Å²) in [5, 5.41) is 0.443. The van der Waals surface area contributed by atoms with Gasteiger partial charge in [-0.05, 0) is 23.8 Å². The monoisotopic (exact) mass is 220 g/mol. The maximum atomic E-state index is 12.0. The van der Waals surface area contributed by atoms with Crippen molar-refractivity contribution in [2.24, 2.45) is 5.73 Å². The Hall–Kier alpha value is -0.870. The molecule has 78 valence electrons. The summed E-state index contributed by atoms with van der Waals surface area (Å²) in [4.78, 5) is 0. The lowest BCUT2D eigenvalue weighted by Crippen LogP contribution is -2.15. The van der Waals surface area contributed by atoms with Crippen LogP contribution in [-0.2, 0) is 0 Å². The van der Waals surface area contributed by atoms with E-state index in [9.17, 15) is 8.78 Å². The molecule has 0 radical (unpaired) electrons. The van der Waals surface area contributed by atoms with Gasteiger partial charge in [0.15, 0.2) is 0 Å². The first-order chi connectivity index (χ1) is 6.50. The Balaban J connectivity index is 2.88. The van der Waals surface area contributed by atoms with Crippen molar-refractivity contribution in [1.29, 1.82) is 0 Å². The van der Waals surface area contributed by atoms with E-state index in [1.165, 1.54) is 6.07 Å². The van der Waals surface area contributed by atoms with Crippen LogP contribution in [0.1, 0.15) is 18.0 Å². The first-order valence-electron chi connectivity index (χ1n) is 4.09. The molecule has 0 bridgehead atoms. The zero-order chi connectivity index (χ0) is 10.7. The Morgan fingerprint density at radius 1 is 1.36 bits per heavy atom. The molecular weight excluding hydrogens is 210 g/mol. The number of nitrogens with two attached hydrogens (primary N) is 2. The number of alkyl halides is 2. The topological polar surface area (TPSA) is 52.0 Å². The van der Waals surface area contributed by atoms with E-state index in [4.69, 9.17) is 23.1 Å². The third kappa shape index (κ3) is 2.82. The minimum Gasteiger partial charge on any atom is -0.398 e. The SMILES string of the molecule is Nc1ccc(Cl)cc1[C@H](N)CC(F)F. The van der Waals surface area contributed by atoms with Gasteiger partial charge in [-0.2, -0.15) is 0 Å². The van der Waals surface area contributed by atoms with E-state index in [0.717, 1.165) is 0 Å². The molecule has 1 rings (SSSR count). The number of anilines is 1. The van der Waals surface area contributed by atoms with Crippen molar-refractivity contribution in [3.05, 3.63) is 28.8 Å². The van der Waals surface area contributed by atoms with E-state index in [1.54, 1.807) is 12.1 Å². The fourth-order valence-corrected chi connectivity index (χ4v) is 1.37. The second-order valence-corrected chi connectivity index (χ2v) is 3.44. The van der Waals surface area contributed by atoms with Gasteiger partial charge in [0.1, 0.15) is 0 Å². The van der Waals surface area contributed by atoms with Gasteiger partial charge in [0, 0.05) is 23.2 Å². The first kappa shape index (κ1) is 11.2. The van der Waals surface area contributed by atoms with Gasteiger partial charge < -0.3 is 11.5 Å². The molecule has 0 heterocycles. The van der Waals surface area contributed by atoms with Crippen molar-refractivity contribution in [2.45, 2.75) is 18.9 Å². The van der Waals surface area contributed by atoms with Crippen molar-refractivity contribution in [3.63, 3.8) is 0 Å². The molecule has 0 aliphatic heterocycles. The molecule has 0 spiro atoms. The van der Waals surface area contributed by atoms with Crippen LogP contribution in [0.25, 0.3) is 0 Å². The molecule has 5 heteroatoms. The summed E-state index contributed by atoms with van der Waals surface area (Å²) in [6, 6.07) is 3.90. The molecule has 4 N–H and O–H groups in total. The molecule has 0 fully saturated rings. The van der Waals surface area contributed by atoms with Crippen LogP contribution in [0.4, 0.5) is 14.5 Å². The second kappa shape index (κ2) is 4.57. The highest BCUT2D eigenvalue weighted by Crippen LogP contribution is 2.26. The van der Waals surface area contributed by atoms with Gasteiger partial charge in [-0.25, -0.2) is 8.78 Å². The zero-order valence-corrected chi connectivity index (χ0v) is 8.14.